The van der Waals surface area contributed by atoms with E-state index in [4.69, 9.17) is 9.47 Å². The molecule has 1 amide bonds. The van der Waals surface area contributed by atoms with Crippen molar-refractivity contribution < 1.29 is 24.2 Å². The second-order valence-electron chi connectivity index (χ2n) is 4.42. The lowest BCUT2D eigenvalue weighted by atomic mass is 9.94. The van der Waals surface area contributed by atoms with Crippen molar-refractivity contribution in [1.82, 2.24) is 5.32 Å². The average molecular weight is 259 g/mol. The minimum atomic E-state index is -0.877. The van der Waals surface area contributed by atoms with Gasteiger partial charge in [0.1, 0.15) is 0 Å². The summed E-state index contributed by atoms with van der Waals surface area (Å²) < 4.78 is 9.87. The van der Waals surface area contributed by atoms with Gasteiger partial charge >= 0.3 is 5.97 Å². The van der Waals surface area contributed by atoms with Crippen LogP contribution in [-0.2, 0) is 19.1 Å². The molecule has 0 aromatic rings. The van der Waals surface area contributed by atoms with Crippen molar-refractivity contribution in [3.63, 3.8) is 0 Å². The Morgan fingerprint density at radius 3 is 2.61 bits per heavy atom. The van der Waals surface area contributed by atoms with Crippen LogP contribution in [-0.4, -0.2) is 48.9 Å². The molecule has 0 aromatic carbocycles. The number of rotatable bonds is 6. The maximum atomic E-state index is 11.5. The van der Waals surface area contributed by atoms with E-state index in [-0.39, 0.29) is 31.3 Å². The largest absolute Gasteiger partial charge is 0.466 e. The van der Waals surface area contributed by atoms with E-state index in [1.54, 1.807) is 6.92 Å². The molecule has 1 fully saturated rings. The summed E-state index contributed by atoms with van der Waals surface area (Å²) in [5.74, 6) is -0.625. The smallest absolute Gasteiger partial charge is 0.306 e. The van der Waals surface area contributed by atoms with E-state index in [0.29, 0.717) is 32.7 Å². The molecule has 0 saturated carbocycles. The van der Waals surface area contributed by atoms with Gasteiger partial charge < -0.3 is 19.9 Å². The summed E-state index contributed by atoms with van der Waals surface area (Å²) in [5.41, 5.74) is -0.877. The van der Waals surface area contributed by atoms with Crippen LogP contribution >= 0.6 is 0 Å². The molecule has 1 rings (SSSR count). The highest BCUT2D eigenvalue weighted by molar-refractivity contribution is 5.81. The number of carbonyl (C=O) groups excluding carboxylic acids is 2. The van der Waals surface area contributed by atoms with Gasteiger partial charge in [-0.3, -0.25) is 9.59 Å². The summed E-state index contributed by atoms with van der Waals surface area (Å²) in [4.78, 5) is 22.5. The van der Waals surface area contributed by atoms with E-state index in [1.165, 1.54) is 0 Å². The number of ether oxygens (including phenoxy) is 2. The monoisotopic (exact) mass is 259 g/mol. The molecule has 1 heterocycles. The molecule has 0 atom stereocenters. The van der Waals surface area contributed by atoms with E-state index in [2.05, 4.69) is 5.32 Å². The van der Waals surface area contributed by atoms with Gasteiger partial charge in [0.05, 0.1) is 18.6 Å². The van der Waals surface area contributed by atoms with Gasteiger partial charge in [0.15, 0.2) is 0 Å². The predicted molar refractivity (Wildman–Crippen MR) is 63.9 cm³/mol. The van der Waals surface area contributed by atoms with E-state index in [9.17, 15) is 14.7 Å². The highest BCUT2D eigenvalue weighted by Crippen LogP contribution is 2.19. The third-order valence-electron chi connectivity index (χ3n) is 2.90. The molecule has 6 nitrogen and oxygen atoms in total. The van der Waals surface area contributed by atoms with Gasteiger partial charge in [-0.2, -0.15) is 0 Å². The molecule has 0 radical (unpaired) electrons. The molecule has 0 spiro atoms. The van der Waals surface area contributed by atoms with Crippen molar-refractivity contribution in [3.05, 3.63) is 0 Å². The summed E-state index contributed by atoms with van der Waals surface area (Å²) in [6.07, 6.45) is 1.20. The molecule has 2 N–H and O–H groups in total. The van der Waals surface area contributed by atoms with Gasteiger partial charge in [-0.1, -0.05) is 0 Å². The Bertz CT molecular complexity index is 286. The summed E-state index contributed by atoms with van der Waals surface area (Å²) in [6, 6.07) is 0. The van der Waals surface area contributed by atoms with Gasteiger partial charge in [-0.15, -0.1) is 0 Å². The fourth-order valence-corrected chi connectivity index (χ4v) is 1.73. The molecule has 0 bridgehead atoms. The van der Waals surface area contributed by atoms with Crippen LogP contribution in [0.15, 0.2) is 0 Å². The number of carbonyl (C=O) groups is 2. The maximum Gasteiger partial charge on any atom is 0.306 e. The first-order valence-electron chi connectivity index (χ1n) is 6.28. The van der Waals surface area contributed by atoms with Crippen LogP contribution in [0.1, 0.15) is 32.6 Å². The first-order chi connectivity index (χ1) is 8.56. The van der Waals surface area contributed by atoms with E-state index >= 15 is 0 Å². The summed E-state index contributed by atoms with van der Waals surface area (Å²) in [6.45, 7) is 3.27. The van der Waals surface area contributed by atoms with Crippen molar-refractivity contribution in [2.45, 2.75) is 38.2 Å². The highest BCUT2D eigenvalue weighted by atomic mass is 16.5. The lowest BCUT2D eigenvalue weighted by Crippen LogP contribution is -2.46. The lowest BCUT2D eigenvalue weighted by molar-refractivity contribution is -0.144. The second kappa shape index (κ2) is 7.33. The first kappa shape index (κ1) is 14.9. The Labute approximate surface area is 107 Å². The van der Waals surface area contributed by atoms with Gasteiger partial charge in [0.25, 0.3) is 0 Å². The number of amides is 1. The van der Waals surface area contributed by atoms with Crippen molar-refractivity contribution in [1.29, 1.82) is 0 Å². The van der Waals surface area contributed by atoms with Gasteiger partial charge in [-0.05, 0) is 6.92 Å². The van der Waals surface area contributed by atoms with E-state index < -0.39 is 5.60 Å². The van der Waals surface area contributed by atoms with Gasteiger partial charge in [0.2, 0.25) is 5.91 Å². The Morgan fingerprint density at radius 1 is 1.33 bits per heavy atom. The standard InChI is InChI=1S/C12H21NO5/c1-2-18-11(15)4-3-10(14)13-9-12(16)5-7-17-8-6-12/h16H,2-9H2,1H3,(H,13,14). The zero-order valence-corrected chi connectivity index (χ0v) is 10.7. The SMILES string of the molecule is CCOC(=O)CCC(=O)NCC1(O)CCOCC1. The molecule has 0 unspecified atom stereocenters. The Kier molecular flexibility index (Phi) is 6.07. The molecule has 1 aliphatic rings. The molecule has 104 valence electrons. The Balaban J connectivity index is 2.18. The van der Waals surface area contributed by atoms with Crippen molar-refractivity contribution >= 4 is 11.9 Å². The fourth-order valence-electron chi connectivity index (χ4n) is 1.73. The minimum absolute atomic E-state index is 0.0706. The lowest BCUT2D eigenvalue weighted by Gasteiger charge is -2.32. The van der Waals surface area contributed by atoms with Crippen LogP contribution < -0.4 is 5.32 Å². The van der Waals surface area contributed by atoms with Crippen molar-refractivity contribution in [2.75, 3.05) is 26.4 Å². The molecule has 1 aliphatic heterocycles. The minimum Gasteiger partial charge on any atom is -0.466 e. The quantitative estimate of drug-likeness (QED) is 0.655. The fraction of sp³-hybridized carbons (Fsp3) is 0.833. The van der Waals surface area contributed by atoms with E-state index in [1.807, 2.05) is 0 Å². The van der Waals surface area contributed by atoms with Crippen LogP contribution in [0.4, 0.5) is 0 Å². The van der Waals surface area contributed by atoms with E-state index in [0.717, 1.165) is 0 Å². The molecule has 1 saturated heterocycles. The first-order valence-corrected chi connectivity index (χ1v) is 6.28. The van der Waals surface area contributed by atoms with Gasteiger partial charge in [0, 0.05) is 39.0 Å². The van der Waals surface area contributed by atoms with Gasteiger partial charge in [-0.25, -0.2) is 0 Å². The molecule has 18 heavy (non-hydrogen) atoms. The molecular formula is C12H21NO5. The third-order valence-corrected chi connectivity index (χ3v) is 2.90. The third kappa shape index (κ3) is 5.46. The molecular weight excluding hydrogens is 238 g/mol. The topological polar surface area (TPSA) is 84.9 Å². The Morgan fingerprint density at radius 2 is 2.00 bits per heavy atom. The maximum absolute atomic E-state index is 11.5. The van der Waals surface area contributed by atoms with Crippen LogP contribution in [0.2, 0.25) is 0 Å². The molecule has 6 heteroatoms. The average Bonchev–Trinajstić information content (AvgIpc) is 2.35. The second-order valence-corrected chi connectivity index (χ2v) is 4.42. The summed E-state index contributed by atoms with van der Waals surface area (Å²) >= 11 is 0. The molecule has 0 aromatic heterocycles. The van der Waals surface area contributed by atoms with Crippen LogP contribution in [0, 0.1) is 0 Å². The highest BCUT2D eigenvalue weighted by Gasteiger charge is 2.30. The normalized spacial score (nSPS) is 18.1. The van der Waals surface area contributed by atoms with Crippen molar-refractivity contribution in [2.24, 2.45) is 0 Å². The van der Waals surface area contributed by atoms with Crippen LogP contribution in [0.25, 0.3) is 0 Å². The predicted octanol–water partition coefficient (Wildman–Crippen LogP) is -0.0126. The summed E-state index contributed by atoms with van der Waals surface area (Å²) in [5, 5.41) is 12.7. The Hall–Kier alpha value is -1.14. The number of hydrogen-bond acceptors (Lipinski definition) is 5. The summed E-state index contributed by atoms with van der Waals surface area (Å²) in [7, 11) is 0. The number of hydrogen-bond donors (Lipinski definition) is 2. The number of esters is 1. The number of aliphatic hydroxyl groups is 1. The number of nitrogens with one attached hydrogen (secondary N) is 1. The molecule has 0 aliphatic carbocycles. The van der Waals surface area contributed by atoms with Crippen molar-refractivity contribution in [3.8, 4) is 0 Å². The van der Waals surface area contributed by atoms with Crippen LogP contribution in [0.3, 0.4) is 0 Å². The zero-order chi connectivity index (χ0) is 13.4. The van der Waals surface area contributed by atoms with Crippen LogP contribution in [0.5, 0.6) is 0 Å². The zero-order valence-electron chi connectivity index (χ0n) is 10.7.